The van der Waals surface area contributed by atoms with Crippen LogP contribution in [0.5, 0.6) is 0 Å². The molecular weight excluding hydrogens is 214 g/mol. The minimum absolute atomic E-state index is 0.0923. The molecule has 0 aliphatic carbocycles. The second-order valence-corrected chi connectivity index (χ2v) is 4.54. The van der Waals surface area contributed by atoms with Crippen molar-refractivity contribution in [2.75, 3.05) is 11.9 Å². The number of nitrogens with one attached hydrogen (secondary N) is 1. The molecule has 3 rings (SSSR count). The molecule has 2 heterocycles. The van der Waals surface area contributed by atoms with Crippen LogP contribution in [0.1, 0.15) is 18.1 Å². The SMILES string of the molecule is O[C@H]1CO[C@@H]2C[C@H]1Nc1cc(Cl)ccc12. The highest BCUT2D eigenvalue weighted by Gasteiger charge is 2.35. The van der Waals surface area contributed by atoms with Crippen LogP contribution in [0.25, 0.3) is 0 Å². The van der Waals surface area contributed by atoms with Crippen molar-refractivity contribution in [3.8, 4) is 0 Å². The largest absolute Gasteiger partial charge is 0.389 e. The zero-order valence-corrected chi connectivity index (χ0v) is 8.87. The Morgan fingerprint density at radius 2 is 2.33 bits per heavy atom. The van der Waals surface area contributed by atoms with Gasteiger partial charge in [0, 0.05) is 22.7 Å². The average Bonchev–Trinajstić information content (AvgIpc) is 2.23. The summed E-state index contributed by atoms with van der Waals surface area (Å²) in [5.74, 6) is 0. The smallest absolute Gasteiger partial charge is 0.0975 e. The van der Waals surface area contributed by atoms with Crippen LogP contribution in [0.4, 0.5) is 5.69 Å². The zero-order chi connectivity index (χ0) is 10.4. The van der Waals surface area contributed by atoms with Crippen LogP contribution >= 0.6 is 11.6 Å². The van der Waals surface area contributed by atoms with Crippen LogP contribution in [0.3, 0.4) is 0 Å². The Morgan fingerprint density at radius 3 is 3.20 bits per heavy atom. The van der Waals surface area contributed by atoms with Crippen molar-refractivity contribution < 1.29 is 9.84 Å². The third-order valence-electron chi connectivity index (χ3n) is 3.10. The van der Waals surface area contributed by atoms with Gasteiger partial charge >= 0.3 is 0 Å². The molecule has 1 fully saturated rings. The van der Waals surface area contributed by atoms with E-state index in [1.165, 1.54) is 0 Å². The lowest BCUT2D eigenvalue weighted by atomic mass is 9.90. The van der Waals surface area contributed by atoms with Gasteiger partial charge in [0.05, 0.1) is 24.9 Å². The first kappa shape index (κ1) is 9.46. The standard InChI is InChI=1S/C11H12ClNO2/c12-6-1-2-7-8(3-6)13-9-4-11(7)15-5-10(9)14/h1-3,9-11,13-14H,4-5H2/t9-,10+,11-/m1/s1. The van der Waals surface area contributed by atoms with Gasteiger partial charge in [0.25, 0.3) is 0 Å². The van der Waals surface area contributed by atoms with Gasteiger partial charge in [-0.1, -0.05) is 17.7 Å². The Hall–Kier alpha value is -0.770. The lowest BCUT2D eigenvalue weighted by Crippen LogP contribution is -2.45. The number of aliphatic hydroxyl groups excluding tert-OH is 1. The number of hydrogen-bond donors (Lipinski definition) is 2. The normalized spacial score (nSPS) is 33.1. The number of fused-ring (bicyclic) bond motifs is 4. The Balaban J connectivity index is 2.03. The number of aliphatic hydroxyl groups is 1. The van der Waals surface area contributed by atoms with Gasteiger partial charge in [-0.15, -0.1) is 0 Å². The maximum absolute atomic E-state index is 9.69. The summed E-state index contributed by atoms with van der Waals surface area (Å²) in [6, 6.07) is 5.84. The van der Waals surface area contributed by atoms with Crippen LogP contribution < -0.4 is 5.32 Å². The summed E-state index contributed by atoms with van der Waals surface area (Å²) >= 11 is 5.93. The van der Waals surface area contributed by atoms with Crippen LogP contribution in [0, 0.1) is 0 Å². The van der Waals surface area contributed by atoms with Gasteiger partial charge in [-0.05, 0) is 12.1 Å². The van der Waals surface area contributed by atoms with Crippen molar-refractivity contribution in [2.24, 2.45) is 0 Å². The Bertz CT molecular complexity index is 396. The first-order chi connectivity index (χ1) is 7.24. The second kappa shape index (κ2) is 3.37. The van der Waals surface area contributed by atoms with Crippen molar-refractivity contribution in [3.63, 3.8) is 0 Å². The minimum atomic E-state index is -0.423. The molecule has 0 radical (unpaired) electrons. The maximum Gasteiger partial charge on any atom is 0.0975 e. The lowest BCUT2D eigenvalue weighted by Gasteiger charge is -2.40. The first-order valence-corrected chi connectivity index (χ1v) is 5.47. The molecule has 1 aromatic carbocycles. The van der Waals surface area contributed by atoms with E-state index in [0.29, 0.717) is 11.6 Å². The van der Waals surface area contributed by atoms with Crippen LogP contribution in [0.2, 0.25) is 5.02 Å². The molecule has 2 aliphatic rings. The van der Waals surface area contributed by atoms with E-state index in [1.54, 1.807) is 0 Å². The van der Waals surface area contributed by atoms with Crippen molar-refractivity contribution >= 4 is 17.3 Å². The van der Waals surface area contributed by atoms with Crippen molar-refractivity contribution in [1.29, 1.82) is 0 Å². The topological polar surface area (TPSA) is 41.5 Å². The molecule has 0 amide bonds. The fourth-order valence-electron chi connectivity index (χ4n) is 2.29. The lowest BCUT2D eigenvalue weighted by molar-refractivity contribution is -0.0672. The number of ether oxygens (including phenoxy) is 1. The van der Waals surface area contributed by atoms with Crippen LogP contribution in [-0.4, -0.2) is 23.9 Å². The predicted octanol–water partition coefficient (Wildman–Crippen LogP) is 1.96. The van der Waals surface area contributed by atoms with E-state index < -0.39 is 6.10 Å². The summed E-state index contributed by atoms with van der Waals surface area (Å²) in [7, 11) is 0. The molecule has 0 aromatic heterocycles. The number of halogens is 1. The first-order valence-electron chi connectivity index (χ1n) is 5.10. The third kappa shape index (κ3) is 1.51. The highest BCUT2D eigenvalue weighted by Crippen LogP contribution is 2.39. The summed E-state index contributed by atoms with van der Waals surface area (Å²) in [6.45, 7) is 0.407. The fourth-order valence-corrected chi connectivity index (χ4v) is 2.46. The van der Waals surface area contributed by atoms with E-state index in [-0.39, 0.29) is 12.1 Å². The Kier molecular flexibility index (Phi) is 2.12. The van der Waals surface area contributed by atoms with Crippen molar-refractivity contribution in [1.82, 2.24) is 0 Å². The molecule has 2 bridgehead atoms. The third-order valence-corrected chi connectivity index (χ3v) is 3.34. The fraction of sp³-hybridized carbons (Fsp3) is 0.455. The van der Waals surface area contributed by atoms with Crippen molar-refractivity contribution in [2.45, 2.75) is 24.7 Å². The molecule has 2 aliphatic heterocycles. The molecule has 3 atom stereocenters. The van der Waals surface area contributed by atoms with Gasteiger partial charge in [-0.3, -0.25) is 0 Å². The zero-order valence-electron chi connectivity index (χ0n) is 8.11. The number of benzene rings is 1. The summed E-state index contributed by atoms with van der Waals surface area (Å²) in [6.07, 6.45) is 0.510. The monoisotopic (exact) mass is 225 g/mol. The van der Waals surface area contributed by atoms with E-state index in [2.05, 4.69) is 5.32 Å². The van der Waals surface area contributed by atoms with Crippen molar-refractivity contribution in [3.05, 3.63) is 28.8 Å². The minimum Gasteiger partial charge on any atom is -0.389 e. The number of hydrogen-bond acceptors (Lipinski definition) is 3. The number of anilines is 1. The Labute approximate surface area is 93.0 Å². The second-order valence-electron chi connectivity index (χ2n) is 4.11. The summed E-state index contributed by atoms with van der Waals surface area (Å²) in [5, 5.41) is 13.7. The Morgan fingerprint density at radius 1 is 1.47 bits per heavy atom. The van der Waals surface area contributed by atoms with E-state index >= 15 is 0 Å². The molecule has 80 valence electrons. The van der Waals surface area contributed by atoms with Crippen LogP contribution in [-0.2, 0) is 4.74 Å². The van der Waals surface area contributed by atoms with Gasteiger partial charge in [-0.2, -0.15) is 0 Å². The molecule has 2 N–H and O–H groups in total. The molecule has 4 heteroatoms. The molecular formula is C11H12ClNO2. The molecule has 0 spiro atoms. The quantitative estimate of drug-likeness (QED) is 0.709. The molecule has 0 unspecified atom stereocenters. The van der Waals surface area contributed by atoms with Gasteiger partial charge in [0.15, 0.2) is 0 Å². The molecule has 3 nitrogen and oxygen atoms in total. The highest BCUT2D eigenvalue weighted by molar-refractivity contribution is 6.30. The van der Waals surface area contributed by atoms with E-state index in [1.807, 2.05) is 18.2 Å². The molecule has 15 heavy (non-hydrogen) atoms. The summed E-state index contributed by atoms with van der Waals surface area (Å²) in [5.41, 5.74) is 2.13. The van der Waals surface area contributed by atoms with Crippen LogP contribution in [0.15, 0.2) is 18.2 Å². The van der Waals surface area contributed by atoms with Gasteiger partial charge < -0.3 is 15.2 Å². The van der Waals surface area contributed by atoms with Gasteiger partial charge in [-0.25, -0.2) is 0 Å². The molecule has 1 saturated heterocycles. The molecule has 1 aromatic rings. The van der Waals surface area contributed by atoms with E-state index in [9.17, 15) is 5.11 Å². The van der Waals surface area contributed by atoms with Gasteiger partial charge in [0.1, 0.15) is 0 Å². The average molecular weight is 226 g/mol. The van der Waals surface area contributed by atoms with E-state index in [4.69, 9.17) is 16.3 Å². The van der Waals surface area contributed by atoms with E-state index in [0.717, 1.165) is 17.7 Å². The maximum atomic E-state index is 9.69. The molecule has 0 saturated carbocycles. The highest BCUT2D eigenvalue weighted by atomic mass is 35.5. The van der Waals surface area contributed by atoms with Gasteiger partial charge in [0.2, 0.25) is 0 Å². The summed E-state index contributed by atoms with van der Waals surface area (Å²) < 4.78 is 5.59. The summed E-state index contributed by atoms with van der Waals surface area (Å²) in [4.78, 5) is 0. The predicted molar refractivity (Wildman–Crippen MR) is 58.2 cm³/mol. The number of rotatable bonds is 0.